The van der Waals surface area contributed by atoms with Crippen molar-refractivity contribution >= 4 is 52.1 Å². The first-order chi connectivity index (χ1) is 12.7. The lowest BCUT2D eigenvalue weighted by Gasteiger charge is -2.26. The monoisotopic (exact) mass is 444 g/mol. The van der Waals surface area contributed by atoms with Gasteiger partial charge in [0.15, 0.2) is 0 Å². The lowest BCUT2D eigenvalue weighted by Crippen LogP contribution is -2.44. The minimum atomic E-state index is -3.63. The first-order valence-electron chi connectivity index (χ1n) is 9.09. The third kappa shape index (κ3) is 4.39. The molecule has 1 saturated heterocycles. The van der Waals surface area contributed by atoms with Gasteiger partial charge in [-0.3, -0.25) is 0 Å². The van der Waals surface area contributed by atoms with Crippen LogP contribution in [0.5, 0.6) is 0 Å². The molecule has 2 aromatic carbocycles. The average molecular weight is 445 g/mol. The maximum absolute atomic E-state index is 13.2. The molecule has 1 fully saturated rings. The first kappa shape index (κ1) is 22.8. The highest BCUT2D eigenvalue weighted by Gasteiger charge is 2.40. The van der Waals surface area contributed by atoms with E-state index in [0.29, 0.717) is 30.5 Å². The van der Waals surface area contributed by atoms with E-state index >= 15 is 0 Å². The van der Waals surface area contributed by atoms with Crippen LogP contribution in [-0.2, 0) is 10.2 Å². The molecule has 154 valence electrons. The summed E-state index contributed by atoms with van der Waals surface area (Å²) < 4.78 is 29.4. The number of fused-ring (bicyclic) bond motifs is 1. The van der Waals surface area contributed by atoms with E-state index in [9.17, 15) is 8.42 Å². The molecule has 0 aliphatic carbocycles. The van der Waals surface area contributed by atoms with Gasteiger partial charge in [0.1, 0.15) is 0 Å². The highest BCUT2D eigenvalue weighted by molar-refractivity contribution is 7.95. The summed E-state index contributed by atoms with van der Waals surface area (Å²) in [6, 6.07) is 17.2. The second-order valence-corrected chi connectivity index (χ2v) is 8.35. The molecule has 2 heterocycles. The van der Waals surface area contributed by atoms with Crippen LogP contribution >= 0.6 is 24.8 Å². The lowest BCUT2D eigenvalue weighted by molar-refractivity contribution is 0.391. The van der Waals surface area contributed by atoms with E-state index < -0.39 is 10.2 Å². The predicted octanol–water partition coefficient (Wildman–Crippen LogP) is 3.07. The second kappa shape index (κ2) is 9.80. The third-order valence-electron chi connectivity index (χ3n) is 4.96. The molecule has 0 amide bonds. The number of halogens is 2. The second-order valence-electron chi connectivity index (χ2n) is 6.65. The van der Waals surface area contributed by atoms with Crippen LogP contribution in [-0.4, -0.2) is 40.6 Å². The van der Waals surface area contributed by atoms with Crippen molar-refractivity contribution in [1.82, 2.24) is 10.6 Å². The van der Waals surface area contributed by atoms with Crippen LogP contribution in [0, 0.1) is 0 Å². The minimum absolute atomic E-state index is 0. The highest BCUT2D eigenvalue weighted by atomic mass is 35.5. The normalized spacial score (nSPS) is 18.1. The van der Waals surface area contributed by atoms with Gasteiger partial charge in [0.25, 0.3) is 0 Å². The molecule has 0 atom stereocenters. The number of hydrogen-bond donors (Lipinski definition) is 2. The smallest absolute Gasteiger partial charge is 0.317 e. The molecule has 0 saturated carbocycles. The number of nitrogens with one attached hydrogen (secondary N) is 2. The summed E-state index contributed by atoms with van der Waals surface area (Å²) in [6.07, 6.45) is 2.17. The van der Waals surface area contributed by atoms with Gasteiger partial charge in [0.05, 0.1) is 17.1 Å². The Kier molecular flexibility index (Phi) is 7.97. The van der Waals surface area contributed by atoms with Gasteiger partial charge < -0.3 is 10.6 Å². The Labute approximate surface area is 179 Å². The summed E-state index contributed by atoms with van der Waals surface area (Å²) in [5, 5.41) is 6.85. The summed E-state index contributed by atoms with van der Waals surface area (Å²) in [6.45, 7) is 3.10. The zero-order valence-electron chi connectivity index (χ0n) is 15.5. The van der Waals surface area contributed by atoms with E-state index in [2.05, 4.69) is 10.6 Å². The Morgan fingerprint density at radius 1 is 0.929 bits per heavy atom. The Balaban J connectivity index is 0.00000140. The van der Waals surface area contributed by atoms with Crippen LogP contribution in [0.15, 0.2) is 54.6 Å². The highest BCUT2D eigenvalue weighted by Crippen LogP contribution is 2.44. The number of anilines is 3. The van der Waals surface area contributed by atoms with Gasteiger partial charge in [-0.15, -0.1) is 24.8 Å². The van der Waals surface area contributed by atoms with Gasteiger partial charge >= 0.3 is 10.2 Å². The zero-order valence-corrected chi connectivity index (χ0v) is 17.9. The van der Waals surface area contributed by atoms with Crippen LogP contribution in [0.3, 0.4) is 0 Å². The van der Waals surface area contributed by atoms with Gasteiger partial charge in [-0.1, -0.05) is 30.3 Å². The first-order valence-corrected chi connectivity index (χ1v) is 10.5. The Morgan fingerprint density at radius 3 is 2.21 bits per heavy atom. The molecule has 9 heteroatoms. The molecule has 6 nitrogen and oxygen atoms in total. The average Bonchev–Trinajstić information content (AvgIpc) is 2.90. The fraction of sp³-hybridized carbons (Fsp3) is 0.368. The number of benzene rings is 2. The fourth-order valence-electron chi connectivity index (χ4n) is 3.66. The molecule has 2 aliphatic heterocycles. The largest absolute Gasteiger partial charge is 0.331 e. The van der Waals surface area contributed by atoms with E-state index in [1.807, 2.05) is 54.6 Å². The number of rotatable bonds is 5. The predicted molar refractivity (Wildman–Crippen MR) is 120 cm³/mol. The van der Waals surface area contributed by atoms with E-state index in [1.54, 1.807) is 0 Å². The minimum Gasteiger partial charge on any atom is -0.317 e. The van der Waals surface area contributed by atoms with Crippen LogP contribution in [0.25, 0.3) is 0 Å². The van der Waals surface area contributed by atoms with Gasteiger partial charge in [0, 0.05) is 19.1 Å². The molecule has 0 aromatic heterocycles. The number of para-hydroxylation sites is 3. The van der Waals surface area contributed by atoms with Gasteiger partial charge in [-0.25, -0.2) is 8.61 Å². The van der Waals surface area contributed by atoms with Crippen molar-refractivity contribution in [2.75, 3.05) is 34.8 Å². The maximum Gasteiger partial charge on any atom is 0.331 e. The van der Waals surface area contributed by atoms with Crippen molar-refractivity contribution in [3.63, 3.8) is 0 Å². The molecular formula is C19H26Cl2N4O2S. The molecule has 0 unspecified atom stereocenters. The Morgan fingerprint density at radius 2 is 1.54 bits per heavy atom. The maximum atomic E-state index is 13.2. The van der Waals surface area contributed by atoms with Crippen molar-refractivity contribution in [2.45, 2.75) is 18.9 Å². The quantitative estimate of drug-likeness (QED) is 0.743. The summed E-state index contributed by atoms with van der Waals surface area (Å²) >= 11 is 0. The van der Waals surface area contributed by atoms with Gasteiger partial charge in [-0.05, 0) is 50.2 Å². The molecular weight excluding hydrogens is 419 g/mol. The van der Waals surface area contributed by atoms with Crippen LogP contribution in [0.1, 0.15) is 12.8 Å². The Bertz CT molecular complexity index is 861. The fourth-order valence-corrected chi connectivity index (χ4v) is 5.37. The molecule has 0 bridgehead atoms. The van der Waals surface area contributed by atoms with Crippen LogP contribution in [0.4, 0.5) is 17.1 Å². The summed E-state index contributed by atoms with van der Waals surface area (Å²) in [4.78, 5) is 0. The van der Waals surface area contributed by atoms with Crippen molar-refractivity contribution in [3.05, 3.63) is 54.6 Å². The van der Waals surface area contributed by atoms with Gasteiger partial charge in [0.2, 0.25) is 0 Å². The van der Waals surface area contributed by atoms with E-state index in [1.165, 1.54) is 8.61 Å². The molecule has 0 radical (unpaired) electrons. The third-order valence-corrected chi connectivity index (χ3v) is 6.76. The summed E-state index contributed by atoms with van der Waals surface area (Å²) in [5.74, 6) is 0. The molecule has 4 rings (SSSR count). The molecule has 2 aromatic rings. The molecule has 2 N–H and O–H groups in total. The van der Waals surface area contributed by atoms with E-state index in [4.69, 9.17) is 0 Å². The molecule has 0 spiro atoms. The van der Waals surface area contributed by atoms with E-state index in [0.717, 1.165) is 31.6 Å². The van der Waals surface area contributed by atoms with Gasteiger partial charge in [-0.2, -0.15) is 8.42 Å². The van der Waals surface area contributed by atoms with Crippen molar-refractivity contribution in [1.29, 1.82) is 0 Å². The standard InChI is InChI=1S/C19H24N4O2S.2ClH/c24-26(25)22(15-14-21-16-10-12-20-13-11-16)18-8-4-5-9-19(18)23(26)17-6-2-1-3-7-17;;/h1-9,16,20-21H,10-15H2;2*1H. The van der Waals surface area contributed by atoms with Crippen LogP contribution in [0.2, 0.25) is 0 Å². The SMILES string of the molecule is Cl.Cl.O=S1(=O)N(CCNC2CCNCC2)c2ccccc2N1c1ccccc1. The number of nitrogens with zero attached hydrogens (tertiary/aromatic N) is 2. The van der Waals surface area contributed by atoms with Crippen molar-refractivity contribution < 1.29 is 8.42 Å². The van der Waals surface area contributed by atoms with E-state index in [-0.39, 0.29) is 24.8 Å². The van der Waals surface area contributed by atoms with Crippen LogP contribution < -0.4 is 19.2 Å². The van der Waals surface area contributed by atoms with Crippen molar-refractivity contribution in [3.8, 4) is 0 Å². The summed E-state index contributed by atoms with van der Waals surface area (Å²) in [5.41, 5.74) is 2.11. The Hall–Kier alpha value is -1.51. The lowest BCUT2D eigenvalue weighted by atomic mass is 10.1. The molecule has 2 aliphatic rings. The number of hydrogen-bond acceptors (Lipinski definition) is 4. The molecule has 28 heavy (non-hydrogen) atoms. The zero-order chi connectivity index (χ0) is 18.0. The van der Waals surface area contributed by atoms with Crippen molar-refractivity contribution in [2.24, 2.45) is 0 Å². The summed E-state index contributed by atoms with van der Waals surface area (Å²) in [7, 11) is -3.63. The topological polar surface area (TPSA) is 64.7 Å². The number of piperidine rings is 1.